The first-order chi connectivity index (χ1) is 26.6. The van der Waals surface area contributed by atoms with E-state index in [-0.39, 0.29) is 38.3 Å². The van der Waals surface area contributed by atoms with Gasteiger partial charge in [-0.25, -0.2) is 9.78 Å². The Bertz CT molecular complexity index is 2040. The molecule has 14 heteroatoms. The number of alkyl carbamates (subject to hydrolysis) is 1. The highest BCUT2D eigenvalue weighted by molar-refractivity contribution is 7.47. The van der Waals surface area contributed by atoms with Gasteiger partial charge in [-0.3, -0.25) is 14.4 Å². The van der Waals surface area contributed by atoms with Gasteiger partial charge in [0.15, 0.2) is 6.23 Å². The van der Waals surface area contributed by atoms with Crippen LogP contribution in [-0.4, -0.2) is 57.9 Å². The molecule has 0 radical (unpaired) electrons. The van der Waals surface area contributed by atoms with Gasteiger partial charge in [0.25, 0.3) is 5.91 Å². The Labute approximate surface area is 320 Å². The maximum Gasteiger partial charge on any atom is 0.408 e. The van der Waals surface area contributed by atoms with Crippen molar-refractivity contribution in [2.24, 2.45) is 5.92 Å². The van der Waals surface area contributed by atoms with E-state index in [2.05, 4.69) is 31.2 Å². The topological polar surface area (TPSA) is 187 Å². The number of H-pyrrole nitrogens is 1. The van der Waals surface area contributed by atoms with E-state index in [0.717, 1.165) is 33.3 Å². The molecule has 1 heterocycles. The molecule has 5 N–H and O–H groups in total. The number of benzene rings is 4. The van der Waals surface area contributed by atoms with Crippen LogP contribution in [0.3, 0.4) is 0 Å². The summed E-state index contributed by atoms with van der Waals surface area (Å²) in [6.07, 6.45) is 1.51. The molecule has 5 rings (SSSR count). The molecule has 4 atom stereocenters. The van der Waals surface area contributed by atoms with Crippen molar-refractivity contribution in [2.75, 3.05) is 0 Å². The minimum absolute atomic E-state index is 0.00355. The summed E-state index contributed by atoms with van der Waals surface area (Å²) >= 11 is 0. The number of fused-ring (bicyclic) bond motifs is 1. The molecule has 0 aliphatic rings. The summed E-state index contributed by atoms with van der Waals surface area (Å²) in [6, 6.07) is 29.5. The fraction of sp³-hybridized carbons (Fsp3) is 0.268. The SMILES string of the molecule is CC(C)CC(NC(=O)[C@H](Cc1c[nH]cn1)NC(=O)[C@@H](Cc1cccc2ccccc12)NC(=O)OCc1ccccc1)O/[P+]([O-])=C/C(=O)NCc1ccccc1. The van der Waals surface area contributed by atoms with Crippen molar-refractivity contribution in [3.05, 3.63) is 138 Å². The molecule has 13 nitrogen and oxygen atoms in total. The second-order valence-corrected chi connectivity index (χ2v) is 14.3. The number of amides is 4. The predicted molar refractivity (Wildman–Crippen MR) is 209 cm³/mol. The molecule has 0 saturated heterocycles. The van der Waals surface area contributed by atoms with Gasteiger partial charge in [-0.05, 0) is 39.8 Å². The van der Waals surface area contributed by atoms with E-state index in [4.69, 9.17) is 9.26 Å². The number of rotatable bonds is 18. The Kier molecular flexibility index (Phi) is 15.1. The molecular formula is C41H45N6O7P. The second kappa shape index (κ2) is 20.5. The average molecular weight is 765 g/mol. The molecule has 0 aliphatic carbocycles. The van der Waals surface area contributed by atoms with Crippen molar-refractivity contribution in [3.8, 4) is 0 Å². The Morgan fingerprint density at radius 2 is 1.45 bits per heavy atom. The van der Waals surface area contributed by atoms with Crippen molar-refractivity contribution in [1.29, 1.82) is 0 Å². The van der Waals surface area contributed by atoms with Crippen molar-refractivity contribution in [1.82, 2.24) is 31.2 Å². The average Bonchev–Trinajstić information content (AvgIpc) is 3.69. The van der Waals surface area contributed by atoms with Crippen LogP contribution in [0.2, 0.25) is 0 Å². The first-order valence-corrected chi connectivity index (χ1v) is 19.2. The lowest BCUT2D eigenvalue weighted by atomic mass is 9.98. The third kappa shape index (κ3) is 13.2. The van der Waals surface area contributed by atoms with Gasteiger partial charge in [-0.15, -0.1) is 0 Å². The largest absolute Gasteiger partial charge is 0.603 e. The van der Waals surface area contributed by atoms with Gasteiger partial charge in [0.2, 0.25) is 25.6 Å². The molecule has 4 amide bonds. The maximum absolute atomic E-state index is 14.1. The molecular weight excluding hydrogens is 719 g/mol. The number of aromatic amines is 1. The lowest BCUT2D eigenvalue weighted by Crippen LogP contribution is -2.56. The van der Waals surface area contributed by atoms with Gasteiger partial charge in [-0.2, -0.15) is 4.52 Å². The molecule has 286 valence electrons. The van der Waals surface area contributed by atoms with E-state index in [1.807, 2.05) is 117 Å². The molecule has 5 aromatic rings. The number of nitrogens with zero attached hydrogens (tertiary/aromatic N) is 1. The zero-order valence-corrected chi connectivity index (χ0v) is 31.5. The van der Waals surface area contributed by atoms with Gasteiger partial charge in [-0.1, -0.05) is 117 Å². The molecule has 0 fully saturated rings. The Balaban J connectivity index is 1.32. The molecule has 0 aliphatic heterocycles. The summed E-state index contributed by atoms with van der Waals surface area (Å²) in [5.41, 5.74) is 2.92. The minimum atomic E-state index is -2.63. The van der Waals surface area contributed by atoms with E-state index in [0.29, 0.717) is 5.69 Å². The fourth-order valence-electron chi connectivity index (χ4n) is 5.80. The van der Waals surface area contributed by atoms with E-state index >= 15 is 0 Å². The van der Waals surface area contributed by atoms with Crippen LogP contribution in [0.4, 0.5) is 4.79 Å². The highest BCUT2D eigenvalue weighted by Crippen LogP contribution is 2.21. The Hall–Kier alpha value is -5.88. The van der Waals surface area contributed by atoms with Gasteiger partial charge in [0, 0.05) is 25.6 Å². The van der Waals surface area contributed by atoms with E-state index in [1.165, 1.54) is 6.33 Å². The first kappa shape index (κ1) is 40.3. The van der Waals surface area contributed by atoms with Crippen LogP contribution in [0.25, 0.3) is 10.8 Å². The van der Waals surface area contributed by atoms with Crippen LogP contribution in [0.1, 0.15) is 42.7 Å². The summed E-state index contributed by atoms with van der Waals surface area (Å²) in [6.45, 7) is 4.02. The first-order valence-electron chi connectivity index (χ1n) is 17.9. The number of carbonyl (C=O) groups excluding carboxylic acids is 4. The third-order valence-electron chi connectivity index (χ3n) is 8.48. The van der Waals surface area contributed by atoms with Gasteiger partial charge in [0.1, 0.15) is 18.7 Å². The summed E-state index contributed by atoms with van der Waals surface area (Å²) in [5, 5.41) is 12.8. The quantitative estimate of drug-likeness (QED) is 0.0641. The molecule has 2 unspecified atom stereocenters. The smallest absolute Gasteiger partial charge is 0.408 e. The van der Waals surface area contributed by atoms with Crippen LogP contribution in [0, 0.1) is 5.92 Å². The molecule has 0 spiro atoms. The summed E-state index contributed by atoms with van der Waals surface area (Å²) < 4.78 is 11.1. The van der Waals surface area contributed by atoms with Crippen molar-refractivity contribution >= 4 is 48.4 Å². The van der Waals surface area contributed by atoms with Gasteiger partial charge in [0.05, 0.1) is 12.0 Å². The molecule has 55 heavy (non-hydrogen) atoms. The van der Waals surface area contributed by atoms with Crippen LogP contribution in [0.15, 0.2) is 116 Å². The van der Waals surface area contributed by atoms with Crippen molar-refractivity contribution < 1.29 is 33.3 Å². The number of imidazole rings is 1. The van der Waals surface area contributed by atoms with E-state index < -0.39 is 50.1 Å². The zero-order valence-electron chi connectivity index (χ0n) is 30.6. The normalized spacial score (nSPS) is 13.1. The van der Waals surface area contributed by atoms with E-state index in [9.17, 15) is 24.1 Å². The Morgan fingerprint density at radius 3 is 2.16 bits per heavy atom. The van der Waals surface area contributed by atoms with Crippen LogP contribution in [-0.2, 0) is 49.6 Å². The number of hydrogen-bond acceptors (Lipinski definition) is 8. The van der Waals surface area contributed by atoms with Crippen LogP contribution in [0.5, 0.6) is 0 Å². The van der Waals surface area contributed by atoms with Crippen molar-refractivity contribution in [3.63, 3.8) is 0 Å². The highest BCUT2D eigenvalue weighted by atomic mass is 31.1. The minimum Gasteiger partial charge on any atom is -0.603 e. The second-order valence-electron chi connectivity index (χ2n) is 13.3. The molecule has 4 aromatic carbocycles. The summed E-state index contributed by atoms with van der Waals surface area (Å²) in [4.78, 5) is 73.8. The Morgan fingerprint density at radius 1 is 0.800 bits per heavy atom. The number of hydrogen-bond donors (Lipinski definition) is 5. The van der Waals surface area contributed by atoms with Crippen LogP contribution >= 0.6 is 8.00 Å². The molecule has 0 bridgehead atoms. The number of aromatic nitrogens is 2. The number of carbonyl (C=O) groups is 4. The summed E-state index contributed by atoms with van der Waals surface area (Å²) in [7, 11) is -2.63. The monoisotopic (exact) mass is 764 g/mol. The number of nitrogens with one attached hydrogen (secondary N) is 5. The van der Waals surface area contributed by atoms with Gasteiger partial charge < -0.3 is 35.9 Å². The third-order valence-corrected chi connectivity index (χ3v) is 9.39. The standard InChI is InChI=1S/C41H45N6O7P/c1-28(2)20-38(54-55(52)26-37(48)43-23-29-12-5-3-6-13-29)47-40(50)36(22-33-24-42-27-44-33)45-39(49)35(46-41(51)53-25-30-14-7-4-8-15-30)21-32-18-11-17-31-16-9-10-19-34(31)32/h3-19,24,26-28,35-36,38H,20-23,25H2,1-2H3,(H,42,44)(H,43,48)(H,45,49)(H,46,51)(H,47,50)/t35-,36+,38?/m1/s1. The lowest BCUT2D eigenvalue weighted by Gasteiger charge is -2.25. The molecule has 1 aromatic heterocycles. The predicted octanol–water partition coefficient (Wildman–Crippen LogP) is 4.42. The van der Waals surface area contributed by atoms with Crippen LogP contribution < -0.4 is 26.2 Å². The number of ether oxygens (including phenoxy) is 1. The summed E-state index contributed by atoms with van der Waals surface area (Å²) in [5.74, 6) is -0.946. The zero-order chi connectivity index (χ0) is 39.0. The van der Waals surface area contributed by atoms with Gasteiger partial charge >= 0.3 is 6.09 Å². The lowest BCUT2D eigenvalue weighted by molar-refractivity contribution is -0.177. The maximum atomic E-state index is 14.1. The molecule has 0 saturated carbocycles. The highest BCUT2D eigenvalue weighted by Gasteiger charge is 2.31. The van der Waals surface area contributed by atoms with Crippen molar-refractivity contribution in [2.45, 2.75) is 64.6 Å². The van der Waals surface area contributed by atoms with E-state index in [1.54, 1.807) is 6.20 Å². The fourth-order valence-corrected chi connectivity index (χ4v) is 6.53.